The standard InChI is InChI=1S/C9H8BrF2NO/c10-8-5(12)3-4(11)7-6(13)1-2-14-9(7)8/h3,6H,1-2,13H2/t6-/m0/s1. The molecule has 1 aromatic carbocycles. The van der Waals surface area contributed by atoms with Crippen LogP contribution in [0, 0.1) is 11.6 Å². The summed E-state index contributed by atoms with van der Waals surface area (Å²) in [6.07, 6.45) is 0.544. The highest BCUT2D eigenvalue weighted by Gasteiger charge is 2.26. The predicted molar refractivity (Wildman–Crippen MR) is 51.1 cm³/mol. The second-order valence-electron chi connectivity index (χ2n) is 3.14. The molecule has 1 atom stereocenters. The predicted octanol–water partition coefficient (Wildman–Crippen LogP) is 2.51. The molecule has 0 unspecified atom stereocenters. The number of halogens is 3. The quantitative estimate of drug-likeness (QED) is 0.731. The van der Waals surface area contributed by atoms with Gasteiger partial charge in [0.25, 0.3) is 0 Å². The highest BCUT2D eigenvalue weighted by atomic mass is 79.9. The van der Waals surface area contributed by atoms with Gasteiger partial charge in [0, 0.05) is 24.1 Å². The number of hydrogen-bond acceptors (Lipinski definition) is 2. The molecule has 1 aliphatic rings. The Morgan fingerprint density at radius 2 is 2.14 bits per heavy atom. The van der Waals surface area contributed by atoms with Gasteiger partial charge in [-0.05, 0) is 15.9 Å². The van der Waals surface area contributed by atoms with Crippen LogP contribution in [0.1, 0.15) is 18.0 Å². The highest BCUT2D eigenvalue weighted by molar-refractivity contribution is 9.10. The molecule has 1 aliphatic heterocycles. The fraction of sp³-hybridized carbons (Fsp3) is 0.333. The van der Waals surface area contributed by atoms with Gasteiger partial charge < -0.3 is 10.5 Å². The van der Waals surface area contributed by atoms with Crippen LogP contribution >= 0.6 is 15.9 Å². The molecule has 2 nitrogen and oxygen atoms in total. The Hall–Kier alpha value is -0.680. The monoisotopic (exact) mass is 263 g/mol. The number of ether oxygens (including phenoxy) is 1. The van der Waals surface area contributed by atoms with Gasteiger partial charge in [-0.25, -0.2) is 8.78 Å². The number of nitrogens with two attached hydrogens (primary N) is 1. The minimum absolute atomic E-state index is 0.143. The van der Waals surface area contributed by atoms with Gasteiger partial charge in [0.05, 0.1) is 11.1 Å². The van der Waals surface area contributed by atoms with Gasteiger partial charge in [0.15, 0.2) is 0 Å². The molecule has 76 valence electrons. The number of fused-ring (bicyclic) bond motifs is 1. The summed E-state index contributed by atoms with van der Waals surface area (Å²) in [6, 6.07) is 0.396. The molecule has 2 N–H and O–H groups in total. The van der Waals surface area contributed by atoms with Gasteiger partial charge >= 0.3 is 0 Å². The first-order chi connectivity index (χ1) is 6.61. The molecule has 0 amide bonds. The summed E-state index contributed by atoms with van der Waals surface area (Å²) in [5.41, 5.74) is 5.96. The lowest BCUT2D eigenvalue weighted by Crippen LogP contribution is -2.22. The van der Waals surface area contributed by atoms with Crippen molar-refractivity contribution >= 4 is 15.9 Å². The van der Waals surface area contributed by atoms with Gasteiger partial charge in [-0.1, -0.05) is 0 Å². The molecule has 0 aromatic heterocycles. The van der Waals surface area contributed by atoms with E-state index in [0.29, 0.717) is 13.0 Å². The van der Waals surface area contributed by atoms with Crippen molar-refractivity contribution in [2.75, 3.05) is 6.61 Å². The zero-order valence-corrected chi connectivity index (χ0v) is 8.77. The van der Waals surface area contributed by atoms with Gasteiger partial charge in [-0.15, -0.1) is 0 Å². The third-order valence-electron chi connectivity index (χ3n) is 2.21. The van der Waals surface area contributed by atoms with E-state index in [1.165, 1.54) is 0 Å². The first kappa shape index (κ1) is 9.86. The van der Waals surface area contributed by atoms with Gasteiger partial charge in [-0.2, -0.15) is 0 Å². The van der Waals surface area contributed by atoms with E-state index >= 15 is 0 Å². The molecule has 0 saturated heterocycles. The SMILES string of the molecule is N[C@H]1CCOc2c(Br)c(F)cc(F)c21. The zero-order chi connectivity index (χ0) is 10.3. The maximum Gasteiger partial charge on any atom is 0.144 e. The third kappa shape index (κ3) is 1.40. The van der Waals surface area contributed by atoms with Crippen molar-refractivity contribution in [3.05, 3.63) is 27.7 Å². The summed E-state index contributed by atoms with van der Waals surface area (Å²) in [5.74, 6) is -1.12. The minimum atomic E-state index is -0.671. The molecule has 1 aromatic rings. The van der Waals surface area contributed by atoms with E-state index < -0.39 is 17.7 Å². The van der Waals surface area contributed by atoms with Crippen LogP contribution in [0.5, 0.6) is 5.75 Å². The van der Waals surface area contributed by atoms with Crippen LogP contribution in [-0.4, -0.2) is 6.61 Å². The molecule has 0 saturated carbocycles. The Morgan fingerprint density at radius 3 is 2.86 bits per heavy atom. The van der Waals surface area contributed by atoms with Crippen molar-refractivity contribution in [2.45, 2.75) is 12.5 Å². The van der Waals surface area contributed by atoms with Crippen LogP contribution in [0.15, 0.2) is 10.5 Å². The Balaban J connectivity index is 2.66. The number of rotatable bonds is 0. The average molecular weight is 264 g/mol. The smallest absolute Gasteiger partial charge is 0.144 e. The fourth-order valence-corrected chi connectivity index (χ4v) is 1.95. The van der Waals surface area contributed by atoms with Crippen molar-refractivity contribution in [1.82, 2.24) is 0 Å². The third-order valence-corrected chi connectivity index (χ3v) is 2.95. The van der Waals surface area contributed by atoms with Crippen LogP contribution in [-0.2, 0) is 0 Å². The first-order valence-electron chi connectivity index (χ1n) is 4.17. The van der Waals surface area contributed by atoms with Crippen molar-refractivity contribution in [3.8, 4) is 5.75 Å². The van der Waals surface area contributed by atoms with Crippen molar-refractivity contribution in [2.24, 2.45) is 5.73 Å². The van der Waals surface area contributed by atoms with Crippen LogP contribution in [0.25, 0.3) is 0 Å². The summed E-state index contributed by atoms with van der Waals surface area (Å²) in [4.78, 5) is 0. The summed E-state index contributed by atoms with van der Waals surface area (Å²) in [5, 5.41) is 0. The van der Waals surface area contributed by atoms with Gasteiger partial charge in [-0.3, -0.25) is 0 Å². The molecule has 0 bridgehead atoms. The lowest BCUT2D eigenvalue weighted by Gasteiger charge is -2.24. The van der Waals surface area contributed by atoms with Crippen molar-refractivity contribution in [1.29, 1.82) is 0 Å². The normalized spacial score (nSPS) is 20.1. The molecule has 2 rings (SSSR count). The molecule has 5 heteroatoms. The molecule has 0 spiro atoms. The topological polar surface area (TPSA) is 35.2 Å². The summed E-state index contributed by atoms with van der Waals surface area (Å²) in [6.45, 7) is 0.385. The maximum absolute atomic E-state index is 13.3. The van der Waals surface area contributed by atoms with E-state index in [-0.39, 0.29) is 15.8 Å². The summed E-state index contributed by atoms with van der Waals surface area (Å²) in [7, 11) is 0. The van der Waals surface area contributed by atoms with Crippen LogP contribution in [0.2, 0.25) is 0 Å². The van der Waals surface area contributed by atoms with Crippen LogP contribution < -0.4 is 10.5 Å². The van der Waals surface area contributed by atoms with Gasteiger partial charge in [0.1, 0.15) is 17.4 Å². The first-order valence-corrected chi connectivity index (χ1v) is 4.96. The zero-order valence-electron chi connectivity index (χ0n) is 7.19. The number of hydrogen-bond donors (Lipinski definition) is 1. The lowest BCUT2D eigenvalue weighted by atomic mass is 10.0. The molecular formula is C9H8BrF2NO. The lowest BCUT2D eigenvalue weighted by molar-refractivity contribution is 0.260. The van der Waals surface area contributed by atoms with Crippen LogP contribution in [0.3, 0.4) is 0 Å². The van der Waals surface area contributed by atoms with E-state index in [4.69, 9.17) is 10.5 Å². The summed E-state index contributed by atoms with van der Waals surface area (Å²) >= 11 is 3.01. The van der Waals surface area contributed by atoms with Crippen molar-refractivity contribution < 1.29 is 13.5 Å². The Morgan fingerprint density at radius 1 is 1.43 bits per heavy atom. The van der Waals surface area contributed by atoms with Crippen LogP contribution in [0.4, 0.5) is 8.78 Å². The van der Waals surface area contributed by atoms with E-state index in [2.05, 4.69) is 15.9 Å². The van der Waals surface area contributed by atoms with E-state index in [0.717, 1.165) is 6.07 Å². The minimum Gasteiger partial charge on any atom is -0.492 e. The Labute approximate surface area is 88.2 Å². The molecule has 0 fully saturated rings. The van der Waals surface area contributed by atoms with E-state index in [1.807, 2.05) is 0 Å². The Bertz CT molecular complexity index is 384. The highest BCUT2D eigenvalue weighted by Crippen LogP contribution is 2.39. The van der Waals surface area contributed by atoms with Gasteiger partial charge in [0.2, 0.25) is 0 Å². The number of benzene rings is 1. The van der Waals surface area contributed by atoms with E-state index in [1.54, 1.807) is 0 Å². The largest absolute Gasteiger partial charge is 0.492 e. The molecule has 1 heterocycles. The molecule has 0 aliphatic carbocycles. The summed E-state index contributed by atoms with van der Waals surface area (Å²) < 4.78 is 31.8. The molecular weight excluding hydrogens is 256 g/mol. The molecule has 0 radical (unpaired) electrons. The second kappa shape index (κ2) is 3.47. The molecule has 14 heavy (non-hydrogen) atoms. The second-order valence-corrected chi connectivity index (χ2v) is 3.93. The fourth-order valence-electron chi connectivity index (χ4n) is 1.51. The van der Waals surface area contributed by atoms with E-state index in [9.17, 15) is 8.78 Å². The maximum atomic E-state index is 13.3. The average Bonchev–Trinajstić information content (AvgIpc) is 2.14. The Kier molecular flexibility index (Phi) is 2.45. The van der Waals surface area contributed by atoms with Crippen molar-refractivity contribution in [3.63, 3.8) is 0 Å².